The van der Waals surface area contributed by atoms with Crippen molar-refractivity contribution in [2.45, 2.75) is 52.4 Å². The molecule has 0 spiro atoms. The Morgan fingerprint density at radius 1 is 1.18 bits per heavy atom. The van der Waals surface area contributed by atoms with Crippen LogP contribution in [0, 0.1) is 0 Å². The summed E-state index contributed by atoms with van der Waals surface area (Å²) >= 11 is 8.37. The van der Waals surface area contributed by atoms with Crippen LogP contribution in [0.4, 0.5) is 5.13 Å². The maximum atomic E-state index is 6.82. The third kappa shape index (κ3) is 5.92. The van der Waals surface area contributed by atoms with E-state index in [0.29, 0.717) is 35.0 Å². The second-order valence-electron chi connectivity index (χ2n) is 9.08. The summed E-state index contributed by atoms with van der Waals surface area (Å²) in [5.41, 5.74) is 2.16. The summed E-state index contributed by atoms with van der Waals surface area (Å²) in [6, 6.07) is 6.11. The highest BCUT2D eigenvalue weighted by Crippen LogP contribution is 2.39. The first-order valence-electron chi connectivity index (χ1n) is 11.7. The summed E-state index contributed by atoms with van der Waals surface area (Å²) in [5, 5.41) is 7.54. The predicted molar refractivity (Wildman–Crippen MR) is 140 cm³/mol. The van der Waals surface area contributed by atoms with Crippen LogP contribution in [0.5, 0.6) is 11.5 Å². The summed E-state index contributed by atoms with van der Waals surface area (Å²) in [5.74, 6) is 1.36. The molecule has 1 N–H and O–H groups in total. The second kappa shape index (κ2) is 11.1. The number of pyridine rings is 1. The van der Waals surface area contributed by atoms with Crippen LogP contribution in [0.1, 0.15) is 34.1 Å². The molecule has 3 aromatic rings. The predicted octanol–water partition coefficient (Wildman–Crippen LogP) is 5.72. The normalized spacial score (nSPS) is 16.6. The van der Waals surface area contributed by atoms with Crippen LogP contribution in [-0.2, 0) is 4.74 Å². The number of ether oxygens (including phenoxy) is 3. The molecule has 0 amide bonds. The molecule has 184 valence electrons. The number of rotatable bonds is 10. The molecule has 1 aromatic carbocycles. The topological polar surface area (TPSA) is 68.7 Å². The van der Waals surface area contributed by atoms with Crippen molar-refractivity contribution in [2.24, 2.45) is 0 Å². The van der Waals surface area contributed by atoms with Crippen LogP contribution >= 0.6 is 22.9 Å². The number of halogens is 1. The molecule has 9 heteroatoms. The average molecular weight is 505 g/mol. The lowest BCUT2D eigenvalue weighted by Crippen LogP contribution is -2.27. The highest BCUT2D eigenvalue weighted by Gasteiger charge is 2.22. The van der Waals surface area contributed by atoms with Crippen molar-refractivity contribution in [3.05, 3.63) is 28.6 Å². The van der Waals surface area contributed by atoms with Crippen LogP contribution in [0.25, 0.3) is 22.3 Å². The standard InChI is InChI=1S/C25H33ClN4O3S/c1-15(2)27-25-29-20(14-34-25)19-12-22(33-16(3)4)18-6-7-21(23(26)24(18)28-19)32-11-10-30-9-8-17(13-30)31-5/h6-7,12,14-17H,8-11,13H2,1-5H3,(H,27,29). The number of hydrogen-bond acceptors (Lipinski definition) is 8. The van der Waals surface area contributed by atoms with Crippen LogP contribution in [-0.4, -0.2) is 66.5 Å². The molecule has 1 unspecified atom stereocenters. The molecule has 34 heavy (non-hydrogen) atoms. The van der Waals surface area contributed by atoms with Crippen LogP contribution < -0.4 is 14.8 Å². The minimum absolute atomic E-state index is 0.0122. The molecular formula is C25H33ClN4O3S. The monoisotopic (exact) mass is 504 g/mol. The molecule has 1 fully saturated rings. The molecule has 1 saturated heterocycles. The summed E-state index contributed by atoms with van der Waals surface area (Å²) in [4.78, 5) is 11.9. The summed E-state index contributed by atoms with van der Waals surface area (Å²) in [7, 11) is 1.77. The molecule has 1 aliphatic heterocycles. The Morgan fingerprint density at radius 2 is 2.00 bits per heavy atom. The summed E-state index contributed by atoms with van der Waals surface area (Å²) < 4.78 is 17.6. The lowest BCUT2D eigenvalue weighted by Gasteiger charge is -2.18. The van der Waals surface area contributed by atoms with Gasteiger partial charge < -0.3 is 19.5 Å². The van der Waals surface area contributed by atoms with E-state index in [-0.39, 0.29) is 6.10 Å². The van der Waals surface area contributed by atoms with E-state index in [2.05, 4.69) is 24.1 Å². The average Bonchev–Trinajstić information content (AvgIpc) is 3.44. The van der Waals surface area contributed by atoms with Crippen molar-refractivity contribution in [2.75, 3.05) is 38.7 Å². The minimum atomic E-state index is 0.0122. The Morgan fingerprint density at radius 3 is 2.71 bits per heavy atom. The Bertz CT molecular complexity index is 1120. The molecule has 4 rings (SSSR count). The van der Waals surface area contributed by atoms with E-state index < -0.39 is 0 Å². The van der Waals surface area contributed by atoms with Crippen molar-refractivity contribution in [3.63, 3.8) is 0 Å². The quantitative estimate of drug-likeness (QED) is 0.378. The van der Waals surface area contributed by atoms with E-state index in [4.69, 9.17) is 35.8 Å². The molecule has 3 heterocycles. The number of benzene rings is 1. The lowest BCUT2D eigenvalue weighted by molar-refractivity contribution is 0.106. The molecule has 0 saturated carbocycles. The zero-order valence-corrected chi connectivity index (χ0v) is 22.0. The van der Waals surface area contributed by atoms with Gasteiger partial charge in [0, 0.05) is 49.6 Å². The van der Waals surface area contributed by atoms with E-state index in [1.165, 1.54) is 0 Å². The largest absolute Gasteiger partial charge is 0.491 e. The van der Waals surface area contributed by atoms with Crippen LogP contribution in [0.3, 0.4) is 0 Å². The van der Waals surface area contributed by atoms with Gasteiger partial charge in [-0.2, -0.15) is 0 Å². The van der Waals surface area contributed by atoms with E-state index in [0.717, 1.165) is 53.7 Å². The highest BCUT2D eigenvalue weighted by atomic mass is 35.5. The Kier molecular flexibility index (Phi) is 8.14. The number of hydrogen-bond donors (Lipinski definition) is 1. The lowest BCUT2D eigenvalue weighted by atomic mass is 10.1. The van der Waals surface area contributed by atoms with Gasteiger partial charge in [0.1, 0.15) is 28.8 Å². The maximum absolute atomic E-state index is 6.82. The highest BCUT2D eigenvalue weighted by molar-refractivity contribution is 7.14. The molecule has 2 aromatic heterocycles. The van der Waals surface area contributed by atoms with Gasteiger partial charge in [-0.05, 0) is 46.2 Å². The fraction of sp³-hybridized carbons (Fsp3) is 0.520. The molecule has 7 nitrogen and oxygen atoms in total. The second-order valence-corrected chi connectivity index (χ2v) is 10.3. The van der Waals surface area contributed by atoms with Gasteiger partial charge in [-0.1, -0.05) is 11.6 Å². The molecule has 1 atom stereocenters. The van der Waals surface area contributed by atoms with Crippen molar-refractivity contribution in [1.82, 2.24) is 14.9 Å². The molecule has 1 aliphatic rings. The van der Waals surface area contributed by atoms with E-state index in [1.807, 2.05) is 37.4 Å². The number of methoxy groups -OCH3 is 1. The number of thiazole rings is 1. The molecule has 0 radical (unpaired) electrons. The van der Waals surface area contributed by atoms with Crippen molar-refractivity contribution < 1.29 is 14.2 Å². The minimum Gasteiger partial charge on any atom is -0.491 e. The zero-order chi connectivity index (χ0) is 24.2. The fourth-order valence-corrected chi connectivity index (χ4v) is 5.10. The number of nitrogens with zero attached hydrogens (tertiary/aromatic N) is 3. The summed E-state index contributed by atoms with van der Waals surface area (Å²) in [6.07, 6.45) is 1.38. The van der Waals surface area contributed by atoms with Gasteiger partial charge in [0.25, 0.3) is 0 Å². The number of aromatic nitrogens is 2. The Hall–Kier alpha value is -2.13. The smallest absolute Gasteiger partial charge is 0.183 e. The van der Waals surface area contributed by atoms with Crippen LogP contribution in [0.2, 0.25) is 5.02 Å². The van der Waals surface area contributed by atoms with Gasteiger partial charge >= 0.3 is 0 Å². The van der Waals surface area contributed by atoms with Gasteiger partial charge in [0.05, 0.1) is 23.4 Å². The number of likely N-dealkylation sites (tertiary alicyclic amines) is 1. The van der Waals surface area contributed by atoms with Crippen molar-refractivity contribution >= 4 is 39.0 Å². The Balaban J connectivity index is 1.60. The van der Waals surface area contributed by atoms with E-state index in [9.17, 15) is 0 Å². The molecular weight excluding hydrogens is 472 g/mol. The maximum Gasteiger partial charge on any atom is 0.183 e. The van der Waals surface area contributed by atoms with Crippen LogP contribution in [0.15, 0.2) is 23.6 Å². The zero-order valence-electron chi connectivity index (χ0n) is 20.4. The third-order valence-corrected chi connectivity index (χ3v) is 6.75. The number of fused-ring (bicyclic) bond motifs is 1. The molecule has 0 bridgehead atoms. The number of anilines is 1. The van der Waals surface area contributed by atoms with Gasteiger partial charge in [-0.3, -0.25) is 4.90 Å². The SMILES string of the molecule is COC1CCN(CCOc2ccc3c(OC(C)C)cc(-c4csc(NC(C)C)n4)nc3c2Cl)C1. The third-order valence-electron chi connectivity index (χ3n) is 5.62. The first-order chi connectivity index (χ1) is 16.3. The first-order valence-corrected chi connectivity index (χ1v) is 13.0. The number of nitrogens with one attached hydrogen (secondary N) is 1. The van der Waals surface area contributed by atoms with E-state index >= 15 is 0 Å². The van der Waals surface area contributed by atoms with Gasteiger partial charge in [-0.25, -0.2) is 9.97 Å². The van der Waals surface area contributed by atoms with E-state index in [1.54, 1.807) is 18.4 Å². The van der Waals surface area contributed by atoms with Gasteiger partial charge in [0.2, 0.25) is 0 Å². The first kappa shape index (κ1) is 25.0. The summed E-state index contributed by atoms with van der Waals surface area (Å²) in [6.45, 7) is 11.5. The van der Waals surface area contributed by atoms with Crippen molar-refractivity contribution in [1.29, 1.82) is 0 Å². The Labute approximate surface area is 210 Å². The molecule has 0 aliphatic carbocycles. The fourth-order valence-electron chi connectivity index (χ4n) is 3.98. The van der Waals surface area contributed by atoms with Crippen molar-refractivity contribution in [3.8, 4) is 22.9 Å². The van der Waals surface area contributed by atoms with Gasteiger partial charge in [-0.15, -0.1) is 11.3 Å². The van der Waals surface area contributed by atoms with Gasteiger partial charge in [0.15, 0.2) is 5.13 Å².